The second kappa shape index (κ2) is 6.05. The number of benzene rings is 1. The number of rotatable bonds is 4. The summed E-state index contributed by atoms with van der Waals surface area (Å²) in [5, 5.41) is 3.33. The van der Waals surface area contributed by atoms with Gasteiger partial charge in [0.15, 0.2) is 11.7 Å². The first-order valence-electron chi connectivity index (χ1n) is 6.38. The lowest BCUT2D eigenvalue weighted by atomic mass is 10.1. The highest BCUT2D eigenvalue weighted by atomic mass is 32.1. The maximum Gasteiger partial charge on any atom is 0.264 e. The number of carbonyl (C=O) groups is 1. The van der Waals surface area contributed by atoms with Crippen LogP contribution in [-0.4, -0.2) is 17.5 Å². The van der Waals surface area contributed by atoms with E-state index in [9.17, 15) is 4.79 Å². The number of hydrogen-bond donors (Lipinski definition) is 1. The lowest BCUT2D eigenvalue weighted by Gasteiger charge is -2.12. The van der Waals surface area contributed by atoms with Crippen LogP contribution >= 0.6 is 11.3 Å². The molecule has 0 aliphatic heterocycles. The molecule has 5 heteroatoms. The van der Waals surface area contributed by atoms with Crippen LogP contribution in [0, 0.1) is 27.7 Å². The van der Waals surface area contributed by atoms with Crippen LogP contribution in [0.2, 0.25) is 0 Å². The lowest BCUT2D eigenvalue weighted by molar-refractivity contribution is -0.118. The molecule has 1 heterocycles. The van der Waals surface area contributed by atoms with Gasteiger partial charge in [0.25, 0.3) is 5.91 Å². The number of thiazole rings is 1. The number of nitrogens with zero attached hydrogens (tertiary/aromatic N) is 1. The first-order chi connectivity index (χ1) is 9.45. The van der Waals surface area contributed by atoms with Gasteiger partial charge in [-0.3, -0.25) is 10.1 Å². The van der Waals surface area contributed by atoms with Gasteiger partial charge in [-0.2, -0.15) is 0 Å². The van der Waals surface area contributed by atoms with Crippen LogP contribution < -0.4 is 10.1 Å². The molecular formula is C15H18N2O2S. The SMILES string of the molecule is Cc1cc(C)c(OCC(=O)Nc2ncc(C)s2)c(C)c1. The summed E-state index contributed by atoms with van der Waals surface area (Å²) in [6.07, 6.45) is 1.73. The van der Waals surface area contributed by atoms with E-state index in [0.717, 1.165) is 21.8 Å². The predicted molar refractivity (Wildman–Crippen MR) is 81.6 cm³/mol. The molecule has 2 aromatic rings. The Morgan fingerprint density at radius 3 is 2.45 bits per heavy atom. The van der Waals surface area contributed by atoms with Crippen LogP contribution in [0.3, 0.4) is 0 Å². The molecular weight excluding hydrogens is 272 g/mol. The number of aryl methyl sites for hydroxylation is 4. The highest BCUT2D eigenvalue weighted by Crippen LogP contribution is 2.24. The van der Waals surface area contributed by atoms with E-state index in [1.807, 2.05) is 39.8 Å². The maximum atomic E-state index is 11.8. The molecule has 0 radical (unpaired) electrons. The van der Waals surface area contributed by atoms with Gasteiger partial charge in [0, 0.05) is 11.1 Å². The normalized spacial score (nSPS) is 10.4. The molecule has 0 bridgehead atoms. The Hall–Kier alpha value is -1.88. The molecule has 1 N–H and O–H groups in total. The number of carbonyl (C=O) groups excluding carboxylic acids is 1. The Kier molecular flexibility index (Phi) is 4.39. The molecule has 0 aliphatic rings. The van der Waals surface area contributed by atoms with Crippen molar-refractivity contribution in [2.75, 3.05) is 11.9 Å². The number of ether oxygens (including phenoxy) is 1. The Morgan fingerprint density at radius 1 is 1.25 bits per heavy atom. The smallest absolute Gasteiger partial charge is 0.264 e. The fraction of sp³-hybridized carbons (Fsp3) is 0.333. The summed E-state index contributed by atoms with van der Waals surface area (Å²) in [6, 6.07) is 4.09. The second-order valence-electron chi connectivity index (χ2n) is 4.84. The van der Waals surface area contributed by atoms with E-state index < -0.39 is 0 Å². The minimum absolute atomic E-state index is 0.0105. The van der Waals surface area contributed by atoms with Crippen LogP contribution in [0.1, 0.15) is 21.6 Å². The molecule has 0 atom stereocenters. The molecule has 0 aliphatic carbocycles. The summed E-state index contributed by atoms with van der Waals surface area (Å²) in [5.74, 6) is 0.583. The topological polar surface area (TPSA) is 51.2 Å². The number of anilines is 1. The van der Waals surface area contributed by atoms with Gasteiger partial charge in [-0.05, 0) is 38.8 Å². The highest BCUT2D eigenvalue weighted by molar-refractivity contribution is 7.15. The fourth-order valence-corrected chi connectivity index (χ4v) is 2.78. The molecule has 0 saturated carbocycles. The zero-order chi connectivity index (χ0) is 14.7. The zero-order valence-corrected chi connectivity index (χ0v) is 12.9. The molecule has 0 spiro atoms. The van der Waals surface area contributed by atoms with Crippen molar-refractivity contribution in [1.82, 2.24) is 4.98 Å². The van der Waals surface area contributed by atoms with Crippen LogP contribution in [0.25, 0.3) is 0 Å². The zero-order valence-electron chi connectivity index (χ0n) is 12.1. The van der Waals surface area contributed by atoms with Gasteiger partial charge in [0.2, 0.25) is 0 Å². The Bertz CT molecular complexity index is 612. The second-order valence-corrected chi connectivity index (χ2v) is 6.08. The maximum absolute atomic E-state index is 11.8. The van der Waals surface area contributed by atoms with Crippen LogP contribution in [0.15, 0.2) is 18.3 Å². The third kappa shape index (κ3) is 3.57. The number of hydrogen-bond acceptors (Lipinski definition) is 4. The van der Waals surface area contributed by atoms with Gasteiger partial charge in [0.05, 0.1) is 0 Å². The van der Waals surface area contributed by atoms with Crippen molar-refractivity contribution in [3.05, 3.63) is 39.9 Å². The van der Waals surface area contributed by atoms with Crippen molar-refractivity contribution in [3.63, 3.8) is 0 Å². The quantitative estimate of drug-likeness (QED) is 0.939. The van der Waals surface area contributed by atoms with Crippen molar-refractivity contribution in [1.29, 1.82) is 0 Å². The van der Waals surface area contributed by atoms with E-state index in [0.29, 0.717) is 5.13 Å². The van der Waals surface area contributed by atoms with E-state index in [1.54, 1.807) is 6.20 Å². The average molecular weight is 290 g/mol. The lowest BCUT2D eigenvalue weighted by Crippen LogP contribution is -2.20. The van der Waals surface area contributed by atoms with Crippen LogP contribution in [-0.2, 0) is 4.79 Å². The fourth-order valence-electron chi connectivity index (χ4n) is 2.10. The number of aromatic nitrogens is 1. The number of amides is 1. The van der Waals surface area contributed by atoms with E-state index in [1.165, 1.54) is 16.9 Å². The molecule has 0 fully saturated rings. The first kappa shape index (κ1) is 14.5. The monoisotopic (exact) mass is 290 g/mol. The van der Waals surface area contributed by atoms with Gasteiger partial charge in [0.1, 0.15) is 5.75 Å². The molecule has 106 valence electrons. The molecule has 4 nitrogen and oxygen atoms in total. The van der Waals surface area contributed by atoms with Crippen molar-refractivity contribution < 1.29 is 9.53 Å². The van der Waals surface area contributed by atoms with Crippen molar-refractivity contribution >= 4 is 22.4 Å². The predicted octanol–water partition coefficient (Wildman–Crippen LogP) is 3.39. The van der Waals surface area contributed by atoms with Gasteiger partial charge < -0.3 is 4.74 Å². The van der Waals surface area contributed by atoms with Gasteiger partial charge in [-0.25, -0.2) is 4.98 Å². The summed E-state index contributed by atoms with van der Waals surface area (Å²) in [7, 11) is 0. The average Bonchev–Trinajstić information content (AvgIpc) is 2.73. The Balaban J connectivity index is 1.97. The molecule has 20 heavy (non-hydrogen) atoms. The van der Waals surface area contributed by atoms with E-state index in [2.05, 4.69) is 10.3 Å². The highest BCUT2D eigenvalue weighted by Gasteiger charge is 2.09. The molecule has 1 aromatic heterocycles. The van der Waals surface area contributed by atoms with Gasteiger partial charge in [-0.15, -0.1) is 11.3 Å². The van der Waals surface area contributed by atoms with Crippen molar-refractivity contribution in [2.24, 2.45) is 0 Å². The van der Waals surface area contributed by atoms with Crippen LogP contribution in [0.5, 0.6) is 5.75 Å². The minimum Gasteiger partial charge on any atom is -0.483 e. The number of nitrogens with one attached hydrogen (secondary N) is 1. The van der Waals surface area contributed by atoms with Gasteiger partial charge >= 0.3 is 0 Å². The van der Waals surface area contributed by atoms with E-state index in [-0.39, 0.29) is 12.5 Å². The van der Waals surface area contributed by atoms with Crippen molar-refractivity contribution in [3.8, 4) is 5.75 Å². The minimum atomic E-state index is -0.196. The summed E-state index contributed by atoms with van der Waals surface area (Å²) in [4.78, 5) is 17.0. The summed E-state index contributed by atoms with van der Waals surface area (Å²) in [6.45, 7) is 7.95. The Morgan fingerprint density at radius 2 is 1.90 bits per heavy atom. The molecule has 2 rings (SSSR count). The largest absolute Gasteiger partial charge is 0.483 e. The molecule has 0 saturated heterocycles. The van der Waals surface area contributed by atoms with Crippen LogP contribution in [0.4, 0.5) is 5.13 Å². The summed E-state index contributed by atoms with van der Waals surface area (Å²) < 4.78 is 5.63. The summed E-state index contributed by atoms with van der Waals surface area (Å²) in [5.41, 5.74) is 3.27. The standard InChI is InChI=1S/C15H18N2O2S/c1-9-5-10(2)14(11(3)6-9)19-8-13(18)17-15-16-7-12(4)20-15/h5-7H,8H2,1-4H3,(H,16,17,18). The van der Waals surface area contributed by atoms with E-state index in [4.69, 9.17) is 4.74 Å². The van der Waals surface area contributed by atoms with Gasteiger partial charge in [-0.1, -0.05) is 17.7 Å². The van der Waals surface area contributed by atoms with Crippen molar-refractivity contribution in [2.45, 2.75) is 27.7 Å². The molecule has 1 aromatic carbocycles. The van der Waals surface area contributed by atoms with E-state index >= 15 is 0 Å². The summed E-state index contributed by atoms with van der Waals surface area (Å²) >= 11 is 1.45. The molecule has 0 unspecified atom stereocenters. The third-order valence-electron chi connectivity index (χ3n) is 2.82. The third-order valence-corrected chi connectivity index (χ3v) is 3.65. The first-order valence-corrected chi connectivity index (χ1v) is 7.20. The molecule has 1 amide bonds. The Labute approximate surface area is 122 Å².